The van der Waals surface area contributed by atoms with E-state index in [1.54, 1.807) is 12.1 Å². The van der Waals surface area contributed by atoms with Crippen LogP contribution in [-0.2, 0) is 11.3 Å². The summed E-state index contributed by atoms with van der Waals surface area (Å²) in [6.45, 7) is 1.18. The average Bonchev–Trinajstić information content (AvgIpc) is 3.26. The van der Waals surface area contributed by atoms with Crippen LogP contribution in [0.1, 0.15) is 22.5 Å². The van der Waals surface area contributed by atoms with Crippen molar-refractivity contribution in [2.24, 2.45) is 5.92 Å². The number of nitrogens with one attached hydrogen (secondary N) is 1. The Morgan fingerprint density at radius 2 is 1.82 bits per heavy atom. The lowest BCUT2D eigenvalue weighted by molar-refractivity contribution is -0.144. The Bertz CT molecular complexity index is 1170. The monoisotopic (exact) mass is 459 g/mol. The molecule has 1 aliphatic rings. The summed E-state index contributed by atoms with van der Waals surface area (Å²) >= 11 is 0. The lowest BCUT2D eigenvalue weighted by Gasteiger charge is -2.36. The Labute approximate surface area is 186 Å². The Morgan fingerprint density at radius 3 is 2.52 bits per heavy atom. The fourth-order valence-electron chi connectivity index (χ4n) is 3.87. The van der Waals surface area contributed by atoms with Gasteiger partial charge in [0.05, 0.1) is 11.5 Å². The molecule has 172 valence electrons. The number of likely N-dealkylation sites (tertiary alicyclic amines) is 1. The second kappa shape index (κ2) is 9.45. The van der Waals surface area contributed by atoms with Gasteiger partial charge in [0, 0.05) is 37.8 Å². The number of amides is 1. The fourth-order valence-corrected chi connectivity index (χ4v) is 3.87. The molecule has 1 aromatic heterocycles. The average molecular weight is 459 g/mol. The molecule has 1 amide bonds. The molecule has 4 rings (SSSR count). The van der Waals surface area contributed by atoms with Crippen LogP contribution in [0, 0.1) is 23.4 Å². The molecule has 2 heterocycles. The van der Waals surface area contributed by atoms with E-state index in [0.717, 1.165) is 11.6 Å². The molecule has 0 radical (unpaired) electrons. The van der Waals surface area contributed by atoms with Crippen LogP contribution in [0.4, 0.5) is 13.2 Å². The minimum absolute atomic E-state index is 0.0541. The summed E-state index contributed by atoms with van der Waals surface area (Å²) in [6.07, 6.45) is 0.376. The number of aliphatic carboxylic acids is 1. The molecule has 0 aliphatic carbocycles. The SMILES string of the molecule is O=C(N[C@H]1CCN(Cc2ccc(F)cc2)C[C@@H]1C(=O)O)c1cc(-c2ccc(F)cc2F)on1. The van der Waals surface area contributed by atoms with E-state index in [-0.39, 0.29) is 29.4 Å². The number of aromatic nitrogens is 1. The van der Waals surface area contributed by atoms with Gasteiger partial charge in [0.2, 0.25) is 0 Å². The molecule has 0 unspecified atom stereocenters. The molecule has 7 nitrogen and oxygen atoms in total. The molecule has 10 heteroatoms. The van der Waals surface area contributed by atoms with Gasteiger partial charge in [-0.3, -0.25) is 14.5 Å². The van der Waals surface area contributed by atoms with Crippen LogP contribution in [0.5, 0.6) is 0 Å². The highest BCUT2D eigenvalue weighted by atomic mass is 19.1. The molecule has 33 heavy (non-hydrogen) atoms. The second-order valence-electron chi connectivity index (χ2n) is 7.88. The van der Waals surface area contributed by atoms with Crippen molar-refractivity contribution >= 4 is 11.9 Å². The van der Waals surface area contributed by atoms with E-state index in [4.69, 9.17) is 4.52 Å². The number of carboxylic acids is 1. The number of piperidine rings is 1. The van der Waals surface area contributed by atoms with E-state index in [1.165, 1.54) is 24.3 Å². The number of carbonyl (C=O) groups excluding carboxylic acids is 1. The number of carbonyl (C=O) groups is 2. The van der Waals surface area contributed by atoms with Crippen molar-refractivity contribution < 1.29 is 32.4 Å². The molecule has 2 atom stereocenters. The quantitative estimate of drug-likeness (QED) is 0.586. The van der Waals surface area contributed by atoms with Crippen LogP contribution in [0.15, 0.2) is 53.1 Å². The molecule has 1 fully saturated rings. The lowest BCUT2D eigenvalue weighted by Crippen LogP contribution is -2.53. The second-order valence-corrected chi connectivity index (χ2v) is 7.88. The van der Waals surface area contributed by atoms with E-state index in [1.807, 2.05) is 4.90 Å². The van der Waals surface area contributed by atoms with E-state index < -0.39 is 35.5 Å². The number of carboxylic acid groups (broad SMARTS) is 1. The van der Waals surface area contributed by atoms with Gasteiger partial charge < -0.3 is 14.9 Å². The Kier molecular flexibility index (Phi) is 6.45. The molecule has 0 saturated carbocycles. The molecule has 1 aliphatic heterocycles. The largest absolute Gasteiger partial charge is 0.481 e. The fraction of sp³-hybridized carbons (Fsp3) is 0.261. The van der Waals surface area contributed by atoms with E-state index in [0.29, 0.717) is 25.6 Å². The standard InChI is InChI=1S/C23H20F3N3O4/c24-14-3-1-13(2-4-14)11-29-8-7-19(17(12-29)23(31)32)27-22(30)20-10-21(33-28-20)16-6-5-15(25)9-18(16)26/h1-6,9-10,17,19H,7-8,11-12H2,(H,27,30)(H,31,32)/t17-,19-/m0/s1. The molecule has 1 saturated heterocycles. The normalized spacial score (nSPS) is 18.8. The topological polar surface area (TPSA) is 95.7 Å². The number of hydrogen-bond donors (Lipinski definition) is 2. The summed E-state index contributed by atoms with van der Waals surface area (Å²) < 4.78 is 45.2. The van der Waals surface area contributed by atoms with E-state index >= 15 is 0 Å². The summed E-state index contributed by atoms with van der Waals surface area (Å²) in [5.41, 5.74) is 0.651. The third-order valence-corrected chi connectivity index (χ3v) is 5.59. The maximum Gasteiger partial charge on any atom is 0.309 e. The van der Waals surface area contributed by atoms with E-state index in [2.05, 4.69) is 10.5 Å². The van der Waals surface area contributed by atoms with Crippen molar-refractivity contribution in [3.05, 3.63) is 77.2 Å². The Hall–Kier alpha value is -3.66. The first-order chi connectivity index (χ1) is 15.8. The Balaban J connectivity index is 1.41. The molecule has 2 aromatic carbocycles. The first-order valence-corrected chi connectivity index (χ1v) is 10.2. The van der Waals surface area contributed by atoms with Crippen molar-refractivity contribution in [1.29, 1.82) is 0 Å². The molecular weight excluding hydrogens is 439 g/mol. The van der Waals surface area contributed by atoms with Crippen LogP contribution in [0.2, 0.25) is 0 Å². The van der Waals surface area contributed by atoms with Crippen molar-refractivity contribution in [3.8, 4) is 11.3 Å². The van der Waals surface area contributed by atoms with Gasteiger partial charge in [0.25, 0.3) is 5.91 Å². The number of rotatable bonds is 6. The summed E-state index contributed by atoms with van der Waals surface area (Å²) in [6, 6.07) is 9.46. The van der Waals surface area contributed by atoms with Crippen LogP contribution in [0.25, 0.3) is 11.3 Å². The number of benzene rings is 2. The summed E-state index contributed by atoms with van der Waals surface area (Å²) in [4.78, 5) is 26.4. The van der Waals surface area contributed by atoms with Crippen molar-refractivity contribution in [3.63, 3.8) is 0 Å². The predicted octanol–water partition coefficient (Wildman–Crippen LogP) is 3.46. The summed E-state index contributed by atoms with van der Waals surface area (Å²) in [5.74, 6) is -4.60. The lowest BCUT2D eigenvalue weighted by atomic mass is 9.91. The van der Waals surface area contributed by atoms with E-state index in [9.17, 15) is 27.9 Å². The van der Waals surface area contributed by atoms with Gasteiger partial charge in [-0.1, -0.05) is 17.3 Å². The minimum atomic E-state index is -1.06. The number of nitrogens with zero attached hydrogens (tertiary/aromatic N) is 2. The zero-order valence-corrected chi connectivity index (χ0v) is 17.3. The van der Waals surface area contributed by atoms with Crippen molar-refractivity contribution in [2.45, 2.75) is 19.0 Å². The maximum absolute atomic E-state index is 14.0. The summed E-state index contributed by atoms with van der Waals surface area (Å²) in [7, 11) is 0. The third-order valence-electron chi connectivity index (χ3n) is 5.59. The third kappa shape index (κ3) is 5.23. The van der Waals surface area contributed by atoms with Gasteiger partial charge in [-0.05, 0) is 36.2 Å². The zero-order valence-electron chi connectivity index (χ0n) is 17.3. The summed E-state index contributed by atoms with van der Waals surface area (Å²) in [5, 5.41) is 16.0. The Morgan fingerprint density at radius 1 is 1.09 bits per heavy atom. The first kappa shape index (κ1) is 22.5. The highest BCUT2D eigenvalue weighted by molar-refractivity contribution is 5.93. The van der Waals surface area contributed by atoms with Crippen molar-refractivity contribution in [2.75, 3.05) is 13.1 Å². The molecular formula is C23H20F3N3O4. The predicted molar refractivity (Wildman–Crippen MR) is 111 cm³/mol. The highest BCUT2D eigenvalue weighted by Crippen LogP contribution is 2.25. The minimum Gasteiger partial charge on any atom is -0.481 e. The maximum atomic E-state index is 14.0. The number of hydrogen-bond acceptors (Lipinski definition) is 5. The first-order valence-electron chi connectivity index (χ1n) is 10.2. The van der Waals surface area contributed by atoms with Gasteiger partial charge in [-0.15, -0.1) is 0 Å². The van der Waals surface area contributed by atoms with Gasteiger partial charge in [-0.2, -0.15) is 0 Å². The van der Waals surface area contributed by atoms with Crippen molar-refractivity contribution in [1.82, 2.24) is 15.4 Å². The van der Waals surface area contributed by atoms with Gasteiger partial charge >= 0.3 is 5.97 Å². The molecule has 2 N–H and O–H groups in total. The zero-order chi connectivity index (χ0) is 23.5. The molecule has 0 bridgehead atoms. The van der Waals surface area contributed by atoms with Gasteiger partial charge in [0.15, 0.2) is 11.5 Å². The van der Waals surface area contributed by atoms with Crippen LogP contribution < -0.4 is 5.32 Å². The number of halogens is 3. The van der Waals surface area contributed by atoms with Gasteiger partial charge in [0.1, 0.15) is 17.5 Å². The van der Waals surface area contributed by atoms with Crippen LogP contribution in [0.3, 0.4) is 0 Å². The smallest absolute Gasteiger partial charge is 0.309 e. The van der Waals surface area contributed by atoms with Gasteiger partial charge in [-0.25, -0.2) is 13.2 Å². The highest BCUT2D eigenvalue weighted by Gasteiger charge is 2.36. The van der Waals surface area contributed by atoms with Crippen LogP contribution >= 0.6 is 0 Å². The molecule has 0 spiro atoms. The molecule has 3 aromatic rings. The van der Waals surface area contributed by atoms with Crippen LogP contribution in [-0.4, -0.2) is 46.2 Å².